The smallest absolute Gasteiger partial charge is 0.303 e. The number of hydrogen-bond donors (Lipinski definition) is 2. The molecule has 1 heterocycles. The first-order chi connectivity index (χ1) is 8.09. The number of unbranched alkanes of at least 4 members (excludes halogenated alkanes) is 2. The van der Waals surface area contributed by atoms with E-state index < -0.39 is 5.97 Å². The molecule has 5 heteroatoms. The second-order valence-corrected chi connectivity index (χ2v) is 4.19. The lowest BCUT2D eigenvalue weighted by Gasteiger charge is -2.09. The van der Waals surface area contributed by atoms with E-state index in [0.717, 1.165) is 31.6 Å². The van der Waals surface area contributed by atoms with Crippen molar-refractivity contribution in [2.45, 2.75) is 45.6 Å². The van der Waals surface area contributed by atoms with Crippen LogP contribution in [0.1, 0.15) is 50.3 Å². The highest BCUT2D eigenvalue weighted by molar-refractivity contribution is 5.66. The standard InChI is InChI=1S/C12H20N2O3/c1-9-8-14-12(17-9)10(2)13-7-5-3-4-6-11(15)16/h8,10,13H,3-7H2,1-2H3,(H,15,16). The van der Waals surface area contributed by atoms with Crippen LogP contribution in [0.2, 0.25) is 0 Å². The van der Waals surface area contributed by atoms with Gasteiger partial charge in [-0.05, 0) is 33.2 Å². The Morgan fingerprint density at radius 2 is 2.29 bits per heavy atom. The highest BCUT2D eigenvalue weighted by Gasteiger charge is 2.09. The van der Waals surface area contributed by atoms with Gasteiger partial charge in [0.1, 0.15) is 5.76 Å². The molecule has 0 bridgehead atoms. The number of carboxylic acids is 1. The van der Waals surface area contributed by atoms with Gasteiger partial charge in [-0.25, -0.2) is 4.98 Å². The largest absolute Gasteiger partial charge is 0.481 e. The van der Waals surface area contributed by atoms with Gasteiger partial charge in [0.15, 0.2) is 0 Å². The molecule has 0 saturated heterocycles. The van der Waals surface area contributed by atoms with E-state index in [9.17, 15) is 4.79 Å². The van der Waals surface area contributed by atoms with Crippen LogP contribution in [0.25, 0.3) is 0 Å². The van der Waals surface area contributed by atoms with Crippen LogP contribution in [0.4, 0.5) is 0 Å². The summed E-state index contributed by atoms with van der Waals surface area (Å²) >= 11 is 0. The van der Waals surface area contributed by atoms with Crippen LogP contribution in [0, 0.1) is 6.92 Å². The number of nitrogens with zero attached hydrogens (tertiary/aromatic N) is 1. The average molecular weight is 240 g/mol. The van der Waals surface area contributed by atoms with Gasteiger partial charge < -0.3 is 14.8 Å². The minimum absolute atomic E-state index is 0.100. The molecule has 1 rings (SSSR count). The molecule has 5 nitrogen and oxygen atoms in total. The molecule has 2 N–H and O–H groups in total. The summed E-state index contributed by atoms with van der Waals surface area (Å²) in [5.74, 6) is 0.796. The molecule has 1 aromatic rings. The highest BCUT2D eigenvalue weighted by atomic mass is 16.4. The highest BCUT2D eigenvalue weighted by Crippen LogP contribution is 2.11. The van der Waals surface area contributed by atoms with Crippen molar-refractivity contribution in [2.24, 2.45) is 0 Å². The van der Waals surface area contributed by atoms with E-state index in [4.69, 9.17) is 9.52 Å². The first-order valence-electron chi connectivity index (χ1n) is 5.97. The molecule has 96 valence electrons. The lowest BCUT2D eigenvalue weighted by molar-refractivity contribution is -0.137. The molecule has 0 spiro atoms. The maximum Gasteiger partial charge on any atom is 0.303 e. The molecule has 0 saturated carbocycles. The van der Waals surface area contributed by atoms with Crippen LogP contribution >= 0.6 is 0 Å². The minimum atomic E-state index is -0.721. The average Bonchev–Trinajstić information content (AvgIpc) is 2.69. The fourth-order valence-electron chi connectivity index (χ4n) is 1.56. The molecule has 1 atom stereocenters. The first kappa shape index (κ1) is 13.7. The minimum Gasteiger partial charge on any atom is -0.481 e. The fourth-order valence-corrected chi connectivity index (χ4v) is 1.56. The summed E-state index contributed by atoms with van der Waals surface area (Å²) in [5, 5.41) is 11.8. The van der Waals surface area contributed by atoms with Crippen molar-refractivity contribution in [2.75, 3.05) is 6.54 Å². The zero-order chi connectivity index (χ0) is 12.7. The number of aliphatic carboxylic acids is 1. The molecule has 0 fully saturated rings. The quantitative estimate of drug-likeness (QED) is 0.682. The van der Waals surface area contributed by atoms with Crippen molar-refractivity contribution in [3.8, 4) is 0 Å². The van der Waals surface area contributed by atoms with Crippen LogP contribution in [0.5, 0.6) is 0 Å². The molecule has 1 unspecified atom stereocenters. The molecule has 0 aliphatic rings. The summed E-state index contributed by atoms with van der Waals surface area (Å²) < 4.78 is 5.40. The topological polar surface area (TPSA) is 75.4 Å². The monoisotopic (exact) mass is 240 g/mol. The van der Waals surface area contributed by atoms with Gasteiger partial charge in [-0.1, -0.05) is 6.42 Å². The summed E-state index contributed by atoms with van der Waals surface area (Å²) in [5.41, 5.74) is 0. The fraction of sp³-hybridized carbons (Fsp3) is 0.667. The number of carbonyl (C=O) groups is 1. The van der Waals surface area contributed by atoms with Crippen molar-refractivity contribution in [1.29, 1.82) is 0 Å². The Balaban J connectivity index is 2.08. The molecule has 0 aliphatic carbocycles. The summed E-state index contributed by atoms with van der Waals surface area (Å²) in [7, 11) is 0. The zero-order valence-corrected chi connectivity index (χ0v) is 10.4. The van der Waals surface area contributed by atoms with E-state index in [0.29, 0.717) is 5.89 Å². The Hall–Kier alpha value is -1.36. The van der Waals surface area contributed by atoms with Gasteiger partial charge >= 0.3 is 5.97 Å². The number of carboxylic acid groups (broad SMARTS) is 1. The van der Waals surface area contributed by atoms with Crippen LogP contribution in [-0.4, -0.2) is 22.6 Å². The van der Waals surface area contributed by atoms with Crippen molar-refractivity contribution >= 4 is 5.97 Å². The Labute approximate surface area is 101 Å². The maximum atomic E-state index is 10.3. The third kappa shape index (κ3) is 5.49. The molecule has 17 heavy (non-hydrogen) atoms. The summed E-state index contributed by atoms with van der Waals surface area (Å²) in [6.07, 6.45) is 4.60. The lowest BCUT2D eigenvalue weighted by Crippen LogP contribution is -2.20. The van der Waals surface area contributed by atoms with Gasteiger partial charge in [-0.2, -0.15) is 0 Å². The zero-order valence-electron chi connectivity index (χ0n) is 10.4. The number of hydrogen-bond acceptors (Lipinski definition) is 4. The van der Waals surface area contributed by atoms with Crippen LogP contribution in [0.3, 0.4) is 0 Å². The first-order valence-corrected chi connectivity index (χ1v) is 5.97. The molecule has 0 aromatic carbocycles. The third-order valence-corrected chi connectivity index (χ3v) is 2.53. The van der Waals surface area contributed by atoms with Crippen molar-refractivity contribution in [3.63, 3.8) is 0 Å². The van der Waals surface area contributed by atoms with Crippen molar-refractivity contribution in [1.82, 2.24) is 10.3 Å². The Morgan fingerprint density at radius 3 is 2.88 bits per heavy atom. The van der Waals surface area contributed by atoms with Gasteiger partial charge in [0.2, 0.25) is 5.89 Å². The maximum absolute atomic E-state index is 10.3. The summed E-state index contributed by atoms with van der Waals surface area (Å²) in [6, 6.07) is 0.100. The molecule has 0 aliphatic heterocycles. The Kier molecular flexibility index (Phi) is 5.69. The van der Waals surface area contributed by atoms with E-state index in [-0.39, 0.29) is 12.5 Å². The molecular weight excluding hydrogens is 220 g/mol. The Bertz CT molecular complexity index is 349. The second-order valence-electron chi connectivity index (χ2n) is 4.19. The van der Waals surface area contributed by atoms with Crippen LogP contribution in [-0.2, 0) is 4.79 Å². The SMILES string of the molecule is Cc1cnc(C(C)NCCCCCC(=O)O)o1. The van der Waals surface area contributed by atoms with E-state index in [1.807, 2.05) is 13.8 Å². The van der Waals surface area contributed by atoms with Crippen LogP contribution in [0.15, 0.2) is 10.6 Å². The van der Waals surface area contributed by atoms with E-state index >= 15 is 0 Å². The normalized spacial score (nSPS) is 12.6. The number of aryl methyl sites for hydroxylation is 1. The van der Waals surface area contributed by atoms with Gasteiger partial charge in [0, 0.05) is 6.42 Å². The van der Waals surface area contributed by atoms with Gasteiger partial charge in [0.25, 0.3) is 0 Å². The molecular formula is C12H20N2O3. The predicted molar refractivity (Wildman–Crippen MR) is 63.8 cm³/mol. The second kappa shape index (κ2) is 7.06. The van der Waals surface area contributed by atoms with E-state index in [1.54, 1.807) is 6.20 Å². The number of rotatable bonds is 8. The van der Waals surface area contributed by atoms with E-state index in [2.05, 4.69) is 10.3 Å². The lowest BCUT2D eigenvalue weighted by atomic mass is 10.2. The molecule has 0 amide bonds. The molecule has 1 aromatic heterocycles. The van der Waals surface area contributed by atoms with Crippen LogP contribution < -0.4 is 5.32 Å². The molecule has 0 radical (unpaired) electrons. The van der Waals surface area contributed by atoms with Gasteiger partial charge in [-0.15, -0.1) is 0 Å². The summed E-state index contributed by atoms with van der Waals surface area (Å²) in [6.45, 7) is 4.72. The van der Waals surface area contributed by atoms with Crippen molar-refractivity contribution < 1.29 is 14.3 Å². The number of nitrogens with one attached hydrogen (secondary N) is 1. The van der Waals surface area contributed by atoms with Gasteiger partial charge in [-0.3, -0.25) is 4.79 Å². The third-order valence-electron chi connectivity index (χ3n) is 2.53. The van der Waals surface area contributed by atoms with Crippen molar-refractivity contribution in [3.05, 3.63) is 17.8 Å². The number of aromatic nitrogens is 1. The van der Waals surface area contributed by atoms with Gasteiger partial charge in [0.05, 0.1) is 12.2 Å². The number of oxazole rings is 1. The summed E-state index contributed by atoms with van der Waals surface area (Å²) in [4.78, 5) is 14.4. The van der Waals surface area contributed by atoms with E-state index in [1.165, 1.54) is 0 Å². The predicted octanol–water partition coefficient (Wildman–Crippen LogP) is 2.28. The Morgan fingerprint density at radius 1 is 1.53 bits per heavy atom.